The highest BCUT2D eigenvalue weighted by atomic mass is 16.3. The lowest BCUT2D eigenvalue weighted by Gasteiger charge is -2.26. The SMILES string of the molecule is Cc1ccc(/C(O)=C2\C(=O)C(=O)N(c3ccc(C)c(C)c3)C2c2ccc(O)cc2)cc1. The van der Waals surface area contributed by atoms with Gasteiger partial charge in [-0.25, -0.2) is 0 Å². The van der Waals surface area contributed by atoms with E-state index in [9.17, 15) is 19.8 Å². The average molecular weight is 413 g/mol. The number of carbonyl (C=O) groups excluding carboxylic acids is 2. The van der Waals surface area contributed by atoms with Crippen molar-refractivity contribution < 1.29 is 19.8 Å². The summed E-state index contributed by atoms with van der Waals surface area (Å²) in [6.07, 6.45) is 0. The van der Waals surface area contributed by atoms with Crippen molar-refractivity contribution >= 4 is 23.1 Å². The lowest BCUT2D eigenvalue weighted by atomic mass is 9.94. The van der Waals surface area contributed by atoms with Gasteiger partial charge in [0.15, 0.2) is 0 Å². The zero-order valence-electron chi connectivity index (χ0n) is 17.6. The van der Waals surface area contributed by atoms with Crippen molar-refractivity contribution in [2.45, 2.75) is 26.8 Å². The number of aliphatic hydroxyl groups excluding tert-OH is 1. The van der Waals surface area contributed by atoms with Crippen LogP contribution in [0.25, 0.3) is 5.76 Å². The van der Waals surface area contributed by atoms with Crippen molar-refractivity contribution in [3.63, 3.8) is 0 Å². The van der Waals surface area contributed by atoms with Gasteiger partial charge in [-0.1, -0.05) is 48.0 Å². The number of Topliss-reactive ketones (excluding diaryl/α,β-unsaturated/α-hetero) is 1. The molecule has 2 N–H and O–H groups in total. The minimum Gasteiger partial charge on any atom is -0.508 e. The first kappa shape index (κ1) is 20.4. The smallest absolute Gasteiger partial charge is 0.300 e. The van der Waals surface area contributed by atoms with E-state index in [1.54, 1.807) is 30.3 Å². The molecule has 1 saturated heterocycles. The first-order valence-corrected chi connectivity index (χ1v) is 10.0. The Morgan fingerprint density at radius 2 is 1.48 bits per heavy atom. The highest BCUT2D eigenvalue weighted by Gasteiger charge is 2.47. The molecule has 1 atom stereocenters. The molecule has 0 saturated carbocycles. The van der Waals surface area contributed by atoms with Crippen LogP contribution < -0.4 is 4.90 Å². The maximum atomic E-state index is 13.1. The molecule has 1 amide bonds. The molecule has 5 nitrogen and oxygen atoms in total. The van der Waals surface area contributed by atoms with Gasteiger partial charge in [0.1, 0.15) is 11.5 Å². The van der Waals surface area contributed by atoms with Gasteiger partial charge >= 0.3 is 0 Å². The van der Waals surface area contributed by atoms with E-state index in [1.165, 1.54) is 17.0 Å². The van der Waals surface area contributed by atoms with Crippen LogP contribution in [-0.2, 0) is 9.59 Å². The number of benzene rings is 3. The molecule has 0 spiro atoms. The third-order valence-electron chi connectivity index (χ3n) is 5.75. The van der Waals surface area contributed by atoms with E-state index in [1.807, 2.05) is 45.0 Å². The summed E-state index contributed by atoms with van der Waals surface area (Å²) in [6, 6.07) is 18.2. The van der Waals surface area contributed by atoms with Crippen LogP contribution in [-0.4, -0.2) is 21.9 Å². The zero-order valence-corrected chi connectivity index (χ0v) is 17.6. The number of ketones is 1. The number of phenolic OH excluding ortho intramolecular Hbond substituents is 1. The van der Waals surface area contributed by atoms with Crippen molar-refractivity contribution in [2.24, 2.45) is 0 Å². The molecule has 3 aromatic carbocycles. The fraction of sp³-hybridized carbons (Fsp3) is 0.154. The molecule has 1 aliphatic heterocycles. The molecule has 5 heteroatoms. The summed E-state index contributed by atoms with van der Waals surface area (Å²) < 4.78 is 0. The van der Waals surface area contributed by atoms with E-state index in [-0.39, 0.29) is 17.1 Å². The number of carbonyl (C=O) groups is 2. The summed E-state index contributed by atoms with van der Waals surface area (Å²) in [4.78, 5) is 27.7. The lowest BCUT2D eigenvalue weighted by molar-refractivity contribution is -0.132. The van der Waals surface area contributed by atoms with Crippen LogP contribution in [0, 0.1) is 20.8 Å². The van der Waals surface area contributed by atoms with Crippen molar-refractivity contribution in [3.05, 3.63) is 100 Å². The van der Waals surface area contributed by atoms with E-state index in [0.29, 0.717) is 16.8 Å². The Balaban J connectivity index is 1.95. The normalized spacial score (nSPS) is 17.9. The number of nitrogens with zero attached hydrogens (tertiary/aromatic N) is 1. The maximum absolute atomic E-state index is 13.1. The van der Waals surface area contributed by atoms with Crippen molar-refractivity contribution in [2.75, 3.05) is 4.90 Å². The fourth-order valence-corrected chi connectivity index (χ4v) is 3.81. The van der Waals surface area contributed by atoms with E-state index in [2.05, 4.69) is 0 Å². The van der Waals surface area contributed by atoms with Crippen molar-refractivity contribution in [1.82, 2.24) is 0 Å². The number of phenols is 1. The van der Waals surface area contributed by atoms with Gasteiger partial charge in [0.25, 0.3) is 11.7 Å². The van der Waals surface area contributed by atoms with Gasteiger partial charge in [0.2, 0.25) is 0 Å². The van der Waals surface area contributed by atoms with Crippen molar-refractivity contribution in [3.8, 4) is 5.75 Å². The third kappa shape index (κ3) is 3.59. The Morgan fingerprint density at radius 1 is 0.839 bits per heavy atom. The number of anilines is 1. The Bertz CT molecular complexity index is 1210. The molecule has 31 heavy (non-hydrogen) atoms. The Morgan fingerprint density at radius 3 is 2.10 bits per heavy atom. The molecule has 4 rings (SSSR count). The molecule has 156 valence electrons. The number of amides is 1. The molecule has 1 unspecified atom stereocenters. The number of rotatable bonds is 3. The molecule has 0 bridgehead atoms. The number of aliphatic hydroxyl groups is 1. The van der Waals surface area contributed by atoms with Crippen LogP contribution in [0.5, 0.6) is 5.75 Å². The van der Waals surface area contributed by atoms with E-state index in [4.69, 9.17) is 0 Å². The second kappa shape index (κ2) is 7.76. The summed E-state index contributed by atoms with van der Waals surface area (Å²) in [5.41, 5.74) is 4.76. The zero-order chi connectivity index (χ0) is 22.3. The summed E-state index contributed by atoms with van der Waals surface area (Å²) in [7, 11) is 0. The molecular formula is C26H23NO4. The highest BCUT2D eigenvalue weighted by molar-refractivity contribution is 6.51. The second-order valence-corrected chi connectivity index (χ2v) is 7.90. The summed E-state index contributed by atoms with van der Waals surface area (Å²) >= 11 is 0. The van der Waals surface area contributed by atoms with E-state index in [0.717, 1.165) is 16.7 Å². The van der Waals surface area contributed by atoms with E-state index < -0.39 is 17.7 Å². The van der Waals surface area contributed by atoms with Crippen LogP contribution in [0.1, 0.15) is 33.9 Å². The number of hydrogen-bond acceptors (Lipinski definition) is 4. The summed E-state index contributed by atoms with van der Waals surface area (Å²) in [5, 5.41) is 20.8. The Kier molecular flexibility index (Phi) is 5.11. The Hall–Kier alpha value is -3.86. The third-order valence-corrected chi connectivity index (χ3v) is 5.75. The predicted molar refractivity (Wildman–Crippen MR) is 120 cm³/mol. The standard InChI is InChI=1S/C26H23NO4/c1-15-4-7-19(8-5-15)24(29)22-23(18-9-12-21(28)13-10-18)27(26(31)25(22)30)20-11-6-16(2)17(3)14-20/h4-14,23,28-29H,1-3H3/b24-22+. The first-order chi connectivity index (χ1) is 14.8. The minimum atomic E-state index is -0.816. The van der Waals surface area contributed by atoms with Gasteiger partial charge in [-0.05, 0) is 61.7 Å². The lowest BCUT2D eigenvalue weighted by Crippen LogP contribution is -2.29. The predicted octanol–water partition coefficient (Wildman–Crippen LogP) is 4.94. The maximum Gasteiger partial charge on any atom is 0.300 e. The number of aromatic hydroxyl groups is 1. The number of aryl methyl sites for hydroxylation is 3. The van der Waals surface area contributed by atoms with Gasteiger partial charge in [-0.3, -0.25) is 14.5 Å². The van der Waals surface area contributed by atoms with Crippen LogP contribution in [0.4, 0.5) is 5.69 Å². The van der Waals surface area contributed by atoms with Crippen LogP contribution >= 0.6 is 0 Å². The van der Waals surface area contributed by atoms with E-state index >= 15 is 0 Å². The first-order valence-electron chi connectivity index (χ1n) is 10.0. The summed E-state index contributed by atoms with van der Waals surface area (Å²) in [6.45, 7) is 5.85. The topological polar surface area (TPSA) is 77.8 Å². The van der Waals surface area contributed by atoms with Crippen LogP contribution in [0.3, 0.4) is 0 Å². The quantitative estimate of drug-likeness (QED) is 0.362. The molecule has 3 aromatic rings. The van der Waals surface area contributed by atoms with Crippen LogP contribution in [0.2, 0.25) is 0 Å². The molecule has 1 fully saturated rings. The largest absolute Gasteiger partial charge is 0.508 e. The molecule has 1 heterocycles. The van der Waals surface area contributed by atoms with Crippen LogP contribution in [0.15, 0.2) is 72.3 Å². The van der Waals surface area contributed by atoms with Gasteiger partial charge in [0, 0.05) is 11.3 Å². The van der Waals surface area contributed by atoms with Gasteiger partial charge in [-0.15, -0.1) is 0 Å². The molecule has 1 aliphatic rings. The molecule has 0 aliphatic carbocycles. The van der Waals surface area contributed by atoms with Gasteiger partial charge < -0.3 is 10.2 Å². The molecular weight excluding hydrogens is 390 g/mol. The molecule has 0 radical (unpaired) electrons. The summed E-state index contributed by atoms with van der Waals surface area (Å²) in [5.74, 6) is -1.59. The minimum absolute atomic E-state index is 0.0257. The number of hydrogen-bond donors (Lipinski definition) is 2. The Labute approximate surface area is 180 Å². The highest BCUT2D eigenvalue weighted by Crippen LogP contribution is 2.42. The van der Waals surface area contributed by atoms with Crippen molar-refractivity contribution in [1.29, 1.82) is 0 Å². The fourth-order valence-electron chi connectivity index (χ4n) is 3.81. The molecule has 0 aromatic heterocycles. The van der Waals surface area contributed by atoms with Gasteiger partial charge in [0.05, 0.1) is 11.6 Å². The monoisotopic (exact) mass is 413 g/mol. The average Bonchev–Trinajstić information content (AvgIpc) is 3.01. The van der Waals surface area contributed by atoms with Gasteiger partial charge in [-0.2, -0.15) is 0 Å². The second-order valence-electron chi connectivity index (χ2n) is 7.90.